The van der Waals surface area contributed by atoms with E-state index >= 15 is 0 Å². The minimum absolute atomic E-state index is 0.0652. The first-order valence-electron chi connectivity index (χ1n) is 10.2. The fourth-order valence-corrected chi connectivity index (χ4v) is 3.65. The monoisotopic (exact) mass is 456 g/mol. The molecule has 1 aliphatic rings. The lowest BCUT2D eigenvalue weighted by Gasteiger charge is -2.15. The van der Waals surface area contributed by atoms with Crippen molar-refractivity contribution in [2.45, 2.75) is 32.5 Å². The number of carbonyl (C=O) groups is 1. The number of rotatable bonds is 4. The molecule has 0 saturated carbocycles. The third kappa shape index (κ3) is 4.87. The zero-order valence-corrected chi connectivity index (χ0v) is 17.7. The Morgan fingerprint density at radius 1 is 1.15 bits per heavy atom. The average molecular weight is 456 g/mol. The summed E-state index contributed by atoms with van der Waals surface area (Å²) in [4.78, 5) is 17.6. The van der Waals surface area contributed by atoms with Gasteiger partial charge in [-0.15, -0.1) is 0 Å². The van der Waals surface area contributed by atoms with Crippen molar-refractivity contribution < 1.29 is 22.4 Å². The van der Waals surface area contributed by atoms with E-state index < -0.39 is 17.6 Å². The molecule has 4 rings (SSSR count). The molecule has 3 aromatic rings. The van der Waals surface area contributed by atoms with Gasteiger partial charge < -0.3 is 5.32 Å². The molecular formula is C24H20F4N4O. The van der Waals surface area contributed by atoms with Gasteiger partial charge in [-0.1, -0.05) is 17.7 Å². The molecule has 1 N–H and O–H groups in total. The number of carbonyl (C=O) groups excluding carboxylic acids is 1. The van der Waals surface area contributed by atoms with Gasteiger partial charge >= 0.3 is 6.18 Å². The molecule has 0 unspecified atom stereocenters. The second-order valence-corrected chi connectivity index (χ2v) is 7.66. The van der Waals surface area contributed by atoms with Crippen LogP contribution in [-0.4, -0.2) is 21.9 Å². The second-order valence-electron chi connectivity index (χ2n) is 7.66. The van der Waals surface area contributed by atoms with Crippen molar-refractivity contribution in [2.24, 2.45) is 4.99 Å². The Balaban J connectivity index is 1.64. The summed E-state index contributed by atoms with van der Waals surface area (Å²) in [5.74, 6) is -0.394. The van der Waals surface area contributed by atoms with Crippen LogP contribution in [0.4, 0.5) is 23.4 Å². The van der Waals surface area contributed by atoms with Crippen molar-refractivity contribution in [3.05, 3.63) is 82.8 Å². The maximum atomic E-state index is 13.3. The van der Waals surface area contributed by atoms with Crippen LogP contribution in [-0.2, 0) is 17.5 Å². The number of nitrogens with zero attached hydrogens (tertiary/aromatic N) is 3. The van der Waals surface area contributed by atoms with Crippen molar-refractivity contribution in [3.63, 3.8) is 0 Å². The fourth-order valence-electron chi connectivity index (χ4n) is 3.65. The quantitative estimate of drug-likeness (QED) is 0.519. The normalized spacial score (nSPS) is 14.0. The predicted octanol–water partition coefficient (Wildman–Crippen LogP) is 5.62. The molecule has 0 radical (unpaired) electrons. The highest BCUT2D eigenvalue weighted by molar-refractivity contribution is 6.21. The average Bonchev–Trinajstić information content (AvgIpc) is 3.17. The molecule has 5 nitrogen and oxygen atoms in total. The summed E-state index contributed by atoms with van der Waals surface area (Å²) in [7, 11) is 0. The number of alkyl halides is 3. The Labute approximate surface area is 187 Å². The summed E-state index contributed by atoms with van der Waals surface area (Å²) in [5.41, 5.74) is 1.83. The first-order chi connectivity index (χ1) is 15.7. The zero-order valence-electron chi connectivity index (χ0n) is 17.7. The maximum Gasteiger partial charge on any atom is 0.416 e. The largest absolute Gasteiger partial charge is 0.416 e. The van der Waals surface area contributed by atoms with Gasteiger partial charge in [-0.2, -0.15) is 18.3 Å². The lowest BCUT2D eigenvalue weighted by atomic mass is 9.97. The van der Waals surface area contributed by atoms with Crippen LogP contribution in [0.25, 0.3) is 11.3 Å². The molecule has 2 heterocycles. The number of benzene rings is 2. The fraction of sp³-hybridized carbons (Fsp3) is 0.208. The van der Waals surface area contributed by atoms with Gasteiger partial charge in [0.15, 0.2) is 5.82 Å². The van der Waals surface area contributed by atoms with Crippen LogP contribution < -0.4 is 5.32 Å². The Morgan fingerprint density at radius 3 is 2.64 bits per heavy atom. The van der Waals surface area contributed by atoms with E-state index in [2.05, 4.69) is 15.4 Å². The molecule has 0 bridgehead atoms. The van der Waals surface area contributed by atoms with Crippen molar-refractivity contribution in [3.8, 4) is 5.69 Å². The molecule has 170 valence electrons. The van der Waals surface area contributed by atoms with Crippen molar-refractivity contribution >= 4 is 23.5 Å². The molecule has 33 heavy (non-hydrogen) atoms. The van der Waals surface area contributed by atoms with Crippen LogP contribution in [0, 0.1) is 5.82 Å². The van der Waals surface area contributed by atoms with E-state index in [4.69, 9.17) is 0 Å². The highest BCUT2D eigenvalue weighted by Crippen LogP contribution is 2.34. The molecule has 0 atom stereocenters. The van der Waals surface area contributed by atoms with E-state index in [1.807, 2.05) is 6.92 Å². The van der Waals surface area contributed by atoms with Crippen molar-refractivity contribution in [2.75, 3.05) is 0 Å². The summed E-state index contributed by atoms with van der Waals surface area (Å²) in [6.45, 7) is 1.77. The van der Waals surface area contributed by atoms with E-state index in [1.165, 1.54) is 35.1 Å². The number of amides is 1. The number of fused-ring (bicyclic) bond motifs is 1. The maximum absolute atomic E-state index is 13.3. The van der Waals surface area contributed by atoms with Crippen LogP contribution in [0.2, 0.25) is 0 Å². The minimum atomic E-state index is -4.46. The summed E-state index contributed by atoms with van der Waals surface area (Å²) < 4.78 is 53.8. The van der Waals surface area contributed by atoms with Crippen molar-refractivity contribution in [1.82, 2.24) is 15.1 Å². The minimum Gasteiger partial charge on any atom is -0.348 e. The smallest absolute Gasteiger partial charge is 0.348 e. The predicted molar refractivity (Wildman–Crippen MR) is 117 cm³/mol. The Hall–Kier alpha value is -3.75. The van der Waals surface area contributed by atoms with Gasteiger partial charge in [0.25, 0.3) is 5.91 Å². The second kappa shape index (κ2) is 9.01. The Kier molecular flexibility index (Phi) is 6.13. The third-order valence-electron chi connectivity index (χ3n) is 5.31. The van der Waals surface area contributed by atoms with Gasteiger partial charge in [-0.05, 0) is 61.7 Å². The lowest BCUT2D eigenvalue weighted by molar-refractivity contribution is -0.137. The van der Waals surface area contributed by atoms with Gasteiger partial charge in [-0.3, -0.25) is 4.79 Å². The zero-order chi connectivity index (χ0) is 23.6. The highest BCUT2D eigenvalue weighted by Gasteiger charge is 2.30. The van der Waals surface area contributed by atoms with E-state index in [1.54, 1.807) is 18.3 Å². The van der Waals surface area contributed by atoms with Gasteiger partial charge in [0, 0.05) is 12.8 Å². The molecule has 0 aliphatic carbocycles. The molecule has 2 aromatic carbocycles. The molecule has 9 heteroatoms. The summed E-state index contributed by atoms with van der Waals surface area (Å²) in [6.07, 6.45) is -0.00678. The number of aliphatic imine (C=N–C) groups is 1. The van der Waals surface area contributed by atoms with Crippen LogP contribution in [0.15, 0.2) is 65.3 Å². The number of allylic oxidation sites excluding steroid dienone is 1. The van der Waals surface area contributed by atoms with Gasteiger partial charge in [-0.25, -0.2) is 14.1 Å². The summed E-state index contributed by atoms with van der Waals surface area (Å²) >= 11 is 0. The standard InChI is InChI=1S/C24H20F4N4O/c1-15-4-3-11-29-22-20(14-31-32(22)19-9-7-18(25)8-10-19)21(15)23(33)30-13-16-5-2-6-17(12-16)24(26,27)28/h2,5-12,14H,3-4,13H2,1H3,(H,30,33). The van der Waals surface area contributed by atoms with Gasteiger partial charge in [0.05, 0.1) is 28.6 Å². The van der Waals surface area contributed by atoms with Crippen LogP contribution >= 0.6 is 0 Å². The van der Waals surface area contributed by atoms with E-state index in [9.17, 15) is 22.4 Å². The molecule has 0 fully saturated rings. The molecule has 1 aromatic heterocycles. The van der Waals surface area contributed by atoms with E-state index in [-0.39, 0.29) is 12.4 Å². The number of aromatic nitrogens is 2. The van der Waals surface area contributed by atoms with Crippen molar-refractivity contribution in [1.29, 1.82) is 0 Å². The molecular weight excluding hydrogens is 436 g/mol. The highest BCUT2D eigenvalue weighted by atomic mass is 19.4. The Bertz CT molecular complexity index is 1240. The summed E-state index contributed by atoms with van der Waals surface area (Å²) in [5, 5.41) is 7.07. The molecule has 0 saturated heterocycles. The molecule has 1 amide bonds. The van der Waals surface area contributed by atoms with Gasteiger partial charge in [0.1, 0.15) is 5.82 Å². The van der Waals surface area contributed by atoms with Gasteiger partial charge in [0.2, 0.25) is 0 Å². The van der Waals surface area contributed by atoms with Crippen LogP contribution in [0.5, 0.6) is 0 Å². The van der Waals surface area contributed by atoms with Crippen LogP contribution in [0.3, 0.4) is 0 Å². The first-order valence-corrected chi connectivity index (χ1v) is 10.2. The summed E-state index contributed by atoms with van der Waals surface area (Å²) in [6, 6.07) is 10.6. The number of halogens is 4. The lowest BCUT2D eigenvalue weighted by Crippen LogP contribution is -2.25. The number of nitrogens with one attached hydrogen (secondary N) is 1. The topological polar surface area (TPSA) is 59.3 Å². The van der Waals surface area contributed by atoms with Crippen LogP contribution in [0.1, 0.15) is 36.5 Å². The molecule has 0 spiro atoms. The third-order valence-corrected chi connectivity index (χ3v) is 5.31. The van der Waals surface area contributed by atoms with E-state index in [0.29, 0.717) is 41.0 Å². The Morgan fingerprint density at radius 2 is 1.91 bits per heavy atom. The van der Waals surface area contributed by atoms with E-state index in [0.717, 1.165) is 17.7 Å². The molecule has 1 aliphatic heterocycles. The SMILES string of the molecule is CC1=C(C(=O)NCc2cccc(C(F)(F)F)c2)c2cnn(-c3ccc(F)cc3)c2N=CCC1. The first kappa shape index (κ1) is 22.4. The number of hydrogen-bond acceptors (Lipinski definition) is 3. The number of hydrogen-bond donors (Lipinski definition) is 1.